The summed E-state index contributed by atoms with van der Waals surface area (Å²) in [6.45, 7) is 4.25. The third kappa shape index (κ3) is 2.52. The zero-order chi connectivity index (χ0) is 14.4. The number of rotatable bonds is 3. The van der Waals surface area contributed by atoms with Gasteiger partial charge in [0, 0.05) is 12.6 Å². The van der Waals surface area contributed by atoms with Gasteiger partial charge in [0.15, 0.2) is 0 Å². The lowest BCUT2D eigenvalue weighted by Crippen LogP contribution is -2.57. The molecule has 0 radical (unpaired) electrons. The molecule has 5 aliphatic rings. The second-order valence-electron chi connectivity index (χ2n) is 8.55. The van der Waals surface area contributed by atoms with Crippen LogP contribution in [0.1, 0.15) is 58.3 Å². The summed E-state index contributed by atoms with van der Waals surface area (Å²) in [6, 6.07) is 0.375. The van der Waals surface area contributed by atoms with Crippen LogP contribution in [0.2, 0.25) is 0 Å². The molecular formula is C18H30N2O. The van der Waals surface area contributed by atoms with E-state index >= 15 is 0 Å². The molecule has 1 aliphatic heterocycles. The minimum absolute atomic E-state index is 0.204. The summed E-state index contributed by atoms with van der Waals surface area (Å²) in [5.74, 6) is 3.41. The maximum Gasteiger partial charge on any atom is 0.224 e. The molecule has 1 heterocycles. The van der Waals surface area contributed by atoms with Crippen LogP contribution in [0.5, 0.6) is 0 Å². The molecule has 2 N–H and O–H groups in total. The molecule has 3 heteroatoms. The molecule has 0 aromatic carbocycles. The molecule has 21 heavy (non-hydrogen) atoms. The van der Waals surface area contributed by atoms with Crippen LogP contribution in [0.25, 0.3) is 0 Å². The summed E-state index contributed by atoms with van der Waals surface area (Å²) in [5.41, 5.74) is 0.437. The third-order valence-corrected chi connectivity index (χ3v) is 7.03. The van der Waals surface area contributed by atoms with Gasteiger partial charge in [0.2, 0.25) is 5.91 Å². The molecule has 1 amide bonds. The monoisotopic (exact) mass is 290 g/mol. The van der Waals surface area contributed by atoms with Crippen molar-refractivity contribution in [2.75, 3.05) is 13.1 Å². The van der Waals surface area contributed by atoms with Crippen LogP contribution in [0.4, 0.5) is 0 Å². The Kier molecular flexibility index (Phi) is 3.52. The molecule has 2 atom stereocenters. The Balaban J connectivity index is 1.42. The van der Waals surface area contributed by atoms with Crippen molar-refractivity contribution in [3.05, 3.63) is 0 Å². The SMILES string of the molecule is CC(NC(=O)[C@H]1CCCNC1)C12CC3CC(CC(C3)C1)C2. The van der Waals surface area contributed by atoms with Gasteiger partial charge >= 0.3 is 0 Å². The molecule has 118 valence electrons. The predicted molar refractivity (Wildman–Crippen MR) is 83.8 cm³/mol. The molecule has 1 unspecified atom stereocenters. The Morgan fingerprint density at radius 3 is 2.29 bits per heavy atom. The van der Waals surface area contributed by atoms with E-state index in [0.717, 1.165) is 43.7 Å². The number of amides is 1. The van der Waals surface area contributed by atoms with Gasteiger partial charge in [-0.2, -0.15) is 0 Å². The molecule has 1 saturated heterocycles. The molecule has 5 fully saturated rings. The molecule has 4 bridgehead atoms. The van der Waals surface area contributed by atoms with E-state index < -0.39 is 0 Å². The number of hydrogen-bond donors (Lipinski definition) is 2. The molecule has 0 spiro atoms. The largest absolute Gasteiger partial charge is 0.353 e. The molecule has 4 saturated carbocycles. The first-order chi connectivity index (χ1) is 10.1. The zero-order valence-corrected chi connectivity index (χ0v) is 13.4. The van der Waals surface area contributed by atoms with Gasteiger partial charge in [-0.1, -0.05) is 0 Å². The highest BCUT2D eigenvalue weighted by molar-refractivity contribution is 5.79. The first-order valence-electron chi connectivity index (χ1n) is 9.16. The van der Waals surface area contributed by atoms with E-state index in [0.29, 0.717) is 17.4 Å². The minimum atomic E-state index is 0.204. The summed E-state index contributed by atoms with van der Waals surface area (Å²) in [6.07, 6.45) is 10.8. The first-order valence-corrected chi connectivity index (χ1v) is 9.16. The highest BCUT2D eigenvalue weighted by atomic mass is 16.2. The van der Waals surface area contributed by atoms with Crippen LogP contribution >= 0.6 is 0 Å². The van der Waals surface area contributed by atoms with E-state index in [2.05, 4.69) is 17.6 Å². The van der Waals surface area contributed by atoms with Crippen molar-refractivity contribution in [1.82, 2.24) is 10.6 Å². The molecule has 5 rings (SSSR count). The van der Waals surface area contributed by atoms with Gasteiger partial charge in [0.05, 0.1) is 5.92 Å². The number of carbonyl (C=O) groups excluding carboxylic acids is 1. The Morgan fingerprint density at radius 1 is 1.14 bits per heavy atom. The van der Waals surface area contributed by atoms with Crippen LogP contribution in [0.3, 0.4) is 0 Å². The summed E-state index contributed by atoms with van der Waals surface area (Å²) in [5, 5.41) is 6.79. The highest BCUT2D eigenvalue weighted by Gasteiger charge is 2.53. The Bertz CT molecular complexity index is 378. The molecular weight excluding hydrogens is 260 g/mol. The maximum absolute atomic E-state index is 12.6. The van der Waals surface area contributed by atoms with E-state index in [-0.39, 0.29) is 5.92 Å². The van der Waals surface area contributed by atoms with Gasteiger partial charge in [-0.3, -0.25) is 4.79 Å². The number of piperidine rings is 1. The fourth-order valence-corrected chi connectivity index (χ4v) is 6.27. The van der Waals surface area contributed by atoms with Crippen molar-refractivity contribution in [1.29, 1.82) is 0 Å². The van der Waals surface area contributed by atoms with Crippen LogP contribution in [-0.4, -0.2) is 25.0 Å². The lowest BCUT2D eigenvalue weighted by molar-refractivity contribution is -0.130. The summed E-state index contributed by atoms with van der Waals surface area (Å²) in [4.78, 5) is 12.6. The molecule has 0 aromatic heterocycles. The molecule has 4 aliphatic carbocycles. The van der Waals surface area contributed by atoms with E-state index in [9.17, 15) is 4.79 Å². The van der Waals surface area contributed by atoms with Crippen molar-refractivity contribution in [2.45, 2.75) is 64.3 Å². The van der Waals surface area contributed by atoms with Crippen molar-refractivity contribution in [2.24, 2.45) is 29.1 Å². The van der Waals surface area contributed by atoms with Gasteiger partial charge < -0.3 is 10.6 Å². The van der Waals surface area contributed by atoms with Crippen LogP contribution < -0.4 is 10.6 Å². The van der Waals surface area contributed by atoms with E-state index in [1.807, 2.05) is 0 Å². The second-order valence-corrected chi connectivity index (χ2v) is 8.55. The topological polar surface area (TPSA) is 41.1 Å². The third-order valence-electron chi connectivity index (χ3n) is 7.03. The lowest BCUT2D eigenvalue weighted by atomic mass is 9.48. The zero-order valence-electron chi connectivity index (χ0n) is 13.4. The summed E-state index contributed by atoms with van der Waals surface area (Å²) < 4.78 is 0. The van der Waals surface area contributed by atoms with Gasteiger partial charge in [-0.15, -0.1) is 0 Å². The average molecular weight is 290 g/mol. The Labute approximate surface area is 128 Å². The van der Waals surface area contributed by atoms with Crippen molar-refractivity contribution in [3.8, 4) is 0 Å². The van der Waals surface area contributed by atoms with Crippen LogP contribution in [-0.2, 0) is 4.79 Å². The van der Waals surface area contributed by atoms with Crippen LogP contribution in [0.15, 0.2) is 0 Å². The first kappa shape index (κ1) is 14.0. The average Bonchev–Trinajstić information content (AvgIpc) is 2.46. The summed E-state index contributed by atoms with van der Waals surface area (Å²) >= 11 is 0. The van der Waals surface area contributed by atoms with Crippen molar-refractivity contribution in [3.63, 3.8) is 0 Å². The minimum Gasteiger partial charge on any atom is -0.353 e. The second kappa shape index (κ2) is 5.26. The van der Waals surface area contributed by atoms with Gasteiger partial charge in [0.1, 0.15) is 0 Å². The Hall–Kier alpha value is -0.570. The maximum atomic E-state index is 12.6. The predicted octanol–water partition coefficient (Wildman–Crippen LogP) is 2.71. The molecule has 0 aromatic rings. The van der Waals surface area contributed by atoms with Crippen molar-refractivity contribution >= 4 is 5.91 Å². The quantitative estimate of drug-likeness (QED) is 0.839. The molecule has 3 nitrogen and oxygen atoms in total. The van der Waals surface area contributed by atoms with E-state index in [1.54, 1.807) is 0 Å². The fourth-order valence-electron chi connectivity index (χ4n) is 6.27. The highest BCUT2D eigenvalue weighted by Crippen LogP contribution is 2.61. The van der Waals surface area contributed by atoms with E-state index in [4.69, 9.17) is 0 Å². The summed E-state index contributed by atoms with van der Waals surface area (Å²) in [7, 11) is 0. The number of carbonyl (C=O) groups is 1. The standard InChI is InChI=1S/C18H30N2O/c1-12(20-17(21)16-3-2-4-19-11-16)18-8-13-5-14(9-18)7-15(6-13)10-18/h12-16,19H,2-11H2,1H3,(H,20,21)/t12?,13?,14?,15?,16-,18?/m0/s1. The van der Waals surface area contributed by atoms with Crippen LogP contribution in [0, 0.1) is 29.1 Å². The lowest BCUT2D eigenvalue weighted by Gasteiger charge is -2.59. The van der Waals surface area contributed by atoms with Gasteiger partial charge in [-0.05, 0) is 88.0 Å². The van der Waals surface area contributed by atoms with Crippen molar-refractivity contribution < 1.29 is 4.79 Å². The Morgan fingerprint density at radius 2 is 1.76 bits per heavy atom. The van der Waals surface area contributed by atoms with Gasteiger partial charge in [0.25, 0.3) is 0 Å². The van der Waals surface area contributed by atoms with Gasteiger partial charge in [-0.25, -0.2) is 0 Å². The number of nitrogens with one attached hydrogen (secondary N) is 2. The fraction of sp³-hybridized carbons (Fsp3) is 0.944. The normalized spacial score (nSPS) is 46.3. The smallest absolute Gasteiger partial charge is 0.224 e. The number of hydrogen-bond acceptors (Lipinski definition) is 2. The van der Waals surface area contributed by atoms with E-state index in [1.165, 1.54) is 38.5 Å².